The molecule has 1 amide bonds. The molecule has 1 aliphatic carbocycles. The summed E-state index contributed by atoms with van der Waals surface area (Å²) in [4.78, 5) is 31.0. The molecule has 1 heterocycles. The molecular formula is C19H21ClN2O3. The summed E-state index contributed by atoms with van der Waals surface area (Å²) < 4.78 is 5.01. The summed E-state index contributed by atoms with van der Waals surface area (Å²) in [5.41, 5.74) is 1.93. The van der Waals surface area contributed by atoms with Gasteiger partial charge in [0, 0.05) is 17.0 Å². The maximum atomic E-state index is 13.0. The molecule has 0 radical (unpaired) electrons. The molecule has 5 nitrogen and oxygen atoms in total. The normalized spacial score (nSPS) is 13.7. The molecule has 0 spiro atoms. The van der Waals surface area contributed by atoms with Gasteiger partial charge < -0.3 is 9.64 Å². The Balaban J connectivity index is 1.90. The van der Waals surface area contributed by atoms with Crippen LogP contribution in [0, 0.1) is 12.8 Å². The Morgan fingerprint density at radius 3 is 2.76 bits per heavy atom. The smallest absolute Gasteiger partial charge is 0.325 e. The summed E-state index contributed by atoms with van der Waals surface area (Å²) in [7, 11) is 0. The third kappa shape index (κ3) is 4.28. The Morgan fingerprint density at radius 1 is 1.32 bits per heavy atom. The molecule has 2 aromatic rings. The van der Waals surface area contributed by atoms with Gasteiger partial charge in [0.25, 0.3) is 5.91 Å². The van der Waals surface area contributed by atoms with Crippen LogP contribution in [0.4, 0.5) is 0 Å². The number of halogens is 1. The van der Waals surface area contributed by atoms with Crippen LogP contribution in [0.5, 0.6) is 0 Å². The molecule has 1 aromatic carbocycles. The van der Waals surface area contributed by atoms with Crippen molar-refractivity contribution in [1.82, 2.24) is 9.88 Å². The highest BCUT2D eigenvalue weighted by molar-refractivity contribution is 6.31. The first-order valence-electron chi connectivity index (χ1n) is 8.49. The molecule has 0 unspecified atom stereocenters. The molecule has 0 N–H and O–H groups in total. The van der Waals surface area contributed by atoms with Crippen molar-refractivity contribution in [3.63, 3.8) is 0 Å². The van der Waals surface area contributed by atoms with Gasteiger partial charge in [0.2, 0.25) is 0 Å². The summed E-state index contributed by atoms with van der Waals surface area (Å²) in [6.45, 7) is 4.41. The monoisotopic (exact) mass is 360 g/mol. The van der Waals surface area contributed by atoms with Crippen molar-refractivity contribution in [2.45, 2.75) is 26.7 Å². The minimum absolute atomic E-state index is 0.0316. The van der Waals surface area contributed by atoms with E-state index in [4.69, 9.17) is 16.3 Å². The molecule has 0 saturated heterocycles. The summed E-state index contributed by atoms with van der Waals surface area (Å²) >= 11 is 6.05. The summed E-state index contributed by atoms with van der Waals surface area (Å²) in [5, 5.41) is 1.40. The van der Waals surface area contributed by atoms with Crippen molar-refractivity contribution in [3.8, 4) is 0 Å². The van der Waals surface area contributed by atoms with Crippen LogP contribution in [0.3, 0.4) is 0 Å². The number of aryl methyl sites for hydroxylation is 1. The van der Waals surface area contributed by atoms with Crippen LogP contribution in [0.15, 0.2) is 24.3 Å². The number of esters is 1. The number of carbonyl (C=O) groups excluding carboxylic acids is 2. The minimum atomic E-state index is -0.383. The van der Waals surface area contributed by atoms with Gasteiger partial charge in [-0.25, -0.2) is 0 Å². The number of fused-ring (bicyclic) bond motifs is 1. The van der Waals surface area contributed by atoms with Gasteiger partial charge in [-0.15, -0.1) is 0 Å². The van der Waals surface area contributed by atoms with E-state index in [9.17, 15) is 9.59 Å². The zero-order valence-corrected chi connectivity index (χ0v) is 15.2. The lowest BCUT2D eigenvalue weighted by Crippen LogP contribution is -2.38. The first-order chi connectivity index (χ1) is 12.0. The number of pyridine rings is 1. The van der Waals surface area contributed by atoms with Gasteiger partial charge in [-0.3, -0.25) is 14.6 Å². The Hall–Kier alpha value is -2.14. The molecule has 6 heteroatoms. The number of nitrogens with zero attached hydrogens (tertiary/aromatic N) is 2. The van der Waals surface area contributed by atoms with Crippen LogP contribution in [-0.4, -0.2) is 41.5 Å². The zero-order chi connectivity index (χ0) is 18.0. The van der Waals surface area contributed by atoms with E-state index in [0.29, 0.717) is 35.3 Å². The average Bonchev–Trinajstić information content (AvgIpc) is 3.37. The molecule has 1 aromatic heterocycles. The summed E-state index contributed by atoms with van der Waals surface area (Å²) in [5.74, 6) is -0.0979. The molecule has 1 fully saturated rings. The van der Waals surface area contributed by atoms with Crippen LogP contribution < -0.4 is 0 Å². The lowest BCUT2D eigenvalue weighted by atomic mass is 10.1. The van der Waals surface area contributed by atoms with E-state index < -0.39 is 0 Å². The highest BCUT2D eigenvalue weighted by Crippen LogP contribution is 2.30. The third-order valence-corrected chi connectivity index (χ3v) is 4.52. The van der Waals surface area contributed by atoms with E-state index in [2.05, 4.69) is 4.98 Å². The largest absolute Gasteiger partial charge is 0.465 e. The molecule has 132 valence electrons. The maximum absolute atomic E-state index is 13.0. The van der Waals surface area contributed by atoms with Crippen LogP contribution in [0.25, 0.3) is 10.9 Å². The zero-order valence-electron chi connectivity index (χ0n) is 14.4. The van der Waals surface area contributed by atoms with Crippen LogP contribution in [0.2, 0.25) is 5.02 Å². The van der Waals surface area contributed by atoms with Gasteiger partial charge in [-0.1, -0.05) is 11.6 Å². The Morgan fingerprint density at radius 2 is 2.08 bits per heavy atom. The lowest BCUT2D eigenvalue weighted by molar-refractivity contribution is -0.143. The quantitative estimate of drug-likeness (QED) is 0.738. The van der Waals surface area contributed by atoms with Crippen molar-refractivity contribution in [1.29, 1.82) is 0 Å². The molecule has 1 aliphatic rings. The van der Waals surface area contributed by atoms with E-state index in [1.54, 1.807) is 36.9 Å². The number of benzene rings is 1. The van der Waals surface area contributed by atoms with E-state index >= 15 is 0 Å². The first-order valence-corrected chi connectivity index (χ1v) is 8.87. The van der Waals surface area contributed by atoms with Crippen LogP contribution >= 0.6 is 11.6 Å². The lowest BCUT2D eigenvalue weighted by Gasteiger charge is -2.22. The van der Waals surface area contributed by atoms with Gasteiger partial charge in [0.15, 0.2) is 0 Å². The fourth-order valence-electron chi connectivity index (χ4n) is 2.82. The van der Waals surface area contributed by atoms with Crippen molar-refractivity contribution in [2.24, 2.45) is 5.92 Å². The summed E-state index contributed by atoms with van der Waals surface area (Å²) in [6, 6.07) is 7.20. The van der Waals surface area contributed by atoms with Gasteiger partial charge in [-0.05, 0) is 56.9 Å². The Bertz CT molecular complexity index is 818. The number of aromatic nitrogens is 1. The van der Waals surface area contributed by atoms with E-state index in [-0.39, 0.29) is 18.4 Å². The second-order valence-corrected chi connectivity index (χ2v) is 6.83. The number of amides is 1. The Kier molecular flexibility index (Phi) is 5.23. The predicted molar refractivity (Wildman–Crippen MR) is 96.8 cm³/mol. The Labute approximate surface area is 151 Å². The van der Waals surface area contributed by atoms with Crippen LogP contribution in [0.1, 0.15) is 35.8 Å². The van der Waals surface area contributed by atoms with Crippen molar-refractivity contribution < 1.29 is 14.3 Å². The van der Waals surface area contributed by atoms with Crippen molar-refractivity contribution >= 4 is 34.4 Å². The number of hydrogen-bond donors (Lipinski definition) is 0. The maximum Gasteiger partial charge on any atom is 0.325 e. The molecule has 25 heavy (non-hydrogen) atoms. The summed E-state index contributed by atoms with van der Waals surface area (Å²) in [6.07, 6.45) is 2.19. The van der Waals surface area contributed by atoms with Gasteiger partial charge in [0.05, 0.1) is 23.4 Å². The fraction of sp³-hybridized carbons (Fsp3) is 0.421. The van der Waals surface area contributed by atoms with Crippen molar-refractivity contribution in [3.05, 3.63) is 40.5 Å². The van der Waals surface area contributed by atoms with Crippen LogP contribution in [-0.2, 0) is 9.53 Å². The standard InChI is InChI=1S/C19H21ClN2O3/c1-3-25-18(23)11-22(10-13-4-5-13)19(24)16-9-14-8-15(20)6-7-17(14)21-12(16)2/h6-9,13H,3-5,10-11H2,1-2H3. The molecule has 1 saturated carbocycles. The van der Waals surface area contributed by atoms with Gasteiger partial charge >= 0.3 is 5.97 Å². The predicted octanol–water partition coefficient (Wildman–Crippen LogP) is 3.61. The van der Waals surface area contributed by atoms with Gasteiger partial charge in [0.1, 0.15) is 6.54 Å². The second kappa shape index (κ2) is 7.40. The average molecular weight is 361 g/mol. The highest BCUT2D eigenvalue weighted by Gasteiger charge is 2.29. The van der Waals surface area contributed by atoms with E-state index in [0.717, 1.165) is 23.7 Å². The number of hydrogen-bond acceptors (Lipinski definition) is 4. The number of rotatable bonds is 6. The highest BCUT2D eigenvalue weighted by atomic mass is 35.5. The minimum Gasteiger partial charge on any atom is -0.465 e. The van der Waals surface area contributed by atoms with Gasteiger partial charge in [-0.2, -0.15) is 0 Å². The third-order valence-electron chi connectivity index (χ3n) is 4.29. The fourth-order valence-corrected chi connectivity index (χ4v) is 3.00. The molecule has 0 atom stereocenters. The number of ether oxygens (including phenoxy) is 1. The van der Waals surface area contributed by atoms with E-state index in [1.807, 2.05) is 6.07 Å². The molecule has 3 rings (SSSR count). The second-order valence-electron chi connectivity index (χ2n) is 6.39. The van der Waals surface area contributed by atoms with Crippen molar-refractivity contribution in [2.75, 3.05) is 19.7 Å². The molecule has 0 bridgehead atoms. The SMILES string of the molecule is CCOC(=O)CN(CC1CC1)C(=O)c1cc2cc(Cl)ccc2nc1C. The topological polar surface area (TPSA) is 59.5 Å². The first kappa shape index (κ1) is 17.7. The molecule has 0 aliphatic heterocycles. The molecular weight excluding hydrogens is 340 g/mol. The number of carbonyl (C=O) groups is 2. The van der Waals surface area contributed by atoms with E-state index in [1.165, 1.54) is 0 Å².